The molecule has 0 aromatic heterocycles. The molecule has 1 N–H and O–H groups in total. The van der Waals surface area contributed by atoms with Crippen LogP contribution >= 0.6 is 0 Å². The van der Waals surface area contributed by atoms with Gasteiger partial charge in [0.15, 0.2) is 0 Å². The highest BCUT2D eigenvalue weighted by Gasteiger charge is 2.14. The van der Waals surface area contributed by atoms with Gasteiger partial charge < -0.3 is 4.74 Å². The predicted molar refractivity (Wildman–Crippen MR) is 70.2 cm³/mol. The zero-order valence-electron chi connectivity index (χ0n) is 10.1. The van der Waals surface area contributed by atoms with E-state index in [0.29, 0.717) is 11.4 Å². The number of ether oxygens (including phenoxy) is 1. The van der Waals surface area contributed by atoms with Crippen molar-refractivity contribution in [3.8, 4) is 5.75 Å². The van der Waals surface area contributed by atoms with Crippen molar-refractivity contribution >= 4 is 15.7 Å². The molecule has 6 heteroatoms. The average molecular weight is 281 g/mol. The minimum absolute atomic E-state index is 0.0798. The summed E-state index contributed by atoms with van der Waals surface area (Å²) < 4.78 is 44.3. The highest BCUT2D eigenvalue weighted by atomic mass is 32.2. The zero-order valence-corrected chi connectivity index (χ0v) is 10.9. The van der Waals surface area contributed by atoms with Crippen LogP contribution in [0.5, 0.6) is 5.75 Å². The molecule has 0 saturated carbocycles. The van der Waals surface area contributed by atoms with Crippen LogP contribution < -0.4 is 9.46 Å². The Morgan fingerprint density at radius 2 is 1.79 bits per heavy atom. The van der Waals surface area contributed by atoms with Gasteiger partial charge in [0.25, 0.3) is 10.0 Å². The summed E-state index contributed by atoms with van der Waals surface area (Å²) >= 11 is 0. The van der Waals surface area contributed by atoms with Crippen LogP contribution in [0, 0.1) is 5.82 Å². The first-order valence-electron chi connectivity index (χ1n) is 5.44. The van der Waals surface area contributed by atoms with Crippen LogP contribution in [-0.2, 0) is 10.0 Å². The molecule has 0 atom stereocenters. The van der Waals surface area contributed by atoms with Gasteiger partial charge in [0.2, 0.25) is 0 Å². The molecule has 0 bridgehead atoms. The summed E-state index contributed by atoms with van der Waals surface area (Å²) in [5, 5.41) is 0. The van der Waals surface area contributed by atoms with Crippen LogP contribution in [-0.4, -0.2) is 15.5 Å². The first-order valence-corrected chi connectivity index (χ1v) is 6.92. The number of anilines is 1. The molecular weight excluding hydrogens is 269 g/mol. The topological polar surface area (TPSA) is 55.4 Å². The lowest BCUT2D eigenvalue weighted by molar-refractivity contribution is 0.413. The van der Waals surface area contributed by atoms with Gasteiger partial charge in [-0.1, -0.05) is 6.07 Å². The molecule has 2 aromatic rings. The molecule has 0 aliphatic rings. The van der Waals surface area contributed by atoms with Gasteiger partial charge in [0.05, 0.1) is 12.0 Å². The summed E-state index contributed by atoms with van der Waals surface area (Å²) in [5.74, 6) is 0.0197. The van der Waals surface area contributed by atoms with Gasteiger partial charge >= 0.3 is 0 Å². The molecule has 100 valence electrons. The molecule has 4 nitrogen and oxygen atoms in total. The molecule has 0 amide bonds. The number of hydrogen-bond donors (Lipinski definition) is 1. The van der Waals surface area contributed by atoms with Gasteiger partial charge in [-0.25, -0.2) is 12.8 Å². The number of hydrogen-bond acceptors (Lipinski definition) is 3. The monoisotopic (exact) mass is 281 g/mol. The maximum Gasteiger partial charge on any atom is 0.262 e. The SMILES string of the molecule is COc1cccc(S(=O)(=O)Nc2ccc(F)cc2)c1. The van der Waals surface area contributed by atoms with Gasteiger partial charge in [0.1, 0.15) is 11.6 Å². The molecule has 2 aromatic carbocycles. The van der Waals surface area contributed by atoms with Crippen molar-refractivity contribution in [3.63, 3.8) is 0 Å². The fourth-order valence-corrected chi connectivity index (χ4v) is 2.59. The number of rotatable bonds is 4. The first kappa shape index (κ1) is 13.4. The lowest BCUT2D eigenvalue weighted by Gasteiger charge is -2.09. The molecule has 0 saturated heterocycles. The molecule has 0 radical (unpaired) electrons. The maximum atomic E-state index is 12.7. The highest BCUT2D eigenvalue weighted by molar-refractivity contribution is 7.92. The minimum Gasteiger partial charge on any atom is -0.497 e. The number of benzene rings is 2. The third-order valence-electron chi connectivity index (χ3n) is 2.45. The van der Waals surface area contributed by atoms with Crippen LogP contribution in [0.25, 0.3) is 0 Å². The van der Waals surface area contributed by atoms with Crippen LogP contribution in [0.4, 0.5) is 10.1 Å². The second kappa shape index (κ2) is 5.27. The summed E-state index contributed by atoms with van der Waals surface area (Å²) in [6, 6.07) is 11.2. The standard InChI is InChI=1S/C13H12FNO3S/c1-18-12-3-2-4-13(9-12)19(16,17)15-11-7-5-10(14)6-8-11/h2-9,15H,1H3. The van der Waals surface area contributed by atoms with Gasteiger partial charge in [-0.2, -0.15) is 0 Å². The summed E-state index contributed by atoms with van der Waals surface area (Å²) in [6.07, 6.45) is 0. The fourth-order valence-electron chi connectivity index (χ4n) is 1.50. The van der Waals surface area contributed by atoms with E-state index in [9.17, 15) is 12.8 Å². The quantitative estimate of drug-likeness (QED) is 0.937. The highest BCUT2D eigenvalue weighted by Crippen LogP contribution is 2.20. The number of sulfonamides is 1. The maximum absolute atomic E-state index is 12.7. The molecule has 0 spiro atoms. The molecular formula is C13H12FNO3S. The van der Waals surface area contributed by atoms with Crippen molar-refractivity contribution in [2.75, 3.05) is 11.8 Å². The number of nitrogens with one attached hydrogen (secondary N) is 1. The molecule has 2 rings (SSSR count). The Labute approximate surface area is 110 Å². The van der Waals surface area contributed by atoms with Crippen molar-refractivity contribution in [2.45, 2.75) is 4.90 Å². The van der Waals surface area contributed by atoms with E-state index in [4.69, 9.17) is 4.74 Å². The Morgan fingerprint density at radius 1 is 1.11 bits per heavy atom. The summed E-state index contributed by atoms with van der Waals surface area (Å²) in [5.41, 5.74) is 0.296. The zero-order chi connectivity index (χ0) is 13.9. The Morgan fingerprint density at radius 3 is 2.42 bits per heavy atom. The van der Waals surface area contributed by atoms with Gasteiger partial charge in [-0.3, -0.25) is 4.72 Å². The van der Waals surface area contributed by atoms with Crippen LogP contribution in [0.3, 0.4) is 0 Å². The molecule has 0 heterocycles. The number of methoxy groups -OCH3 is 1. The van der Waals surface area contributed by atoms with Crippen molar-refractivity contribution in [1.29, 1.82) is 0 Å². The van der Waals surface area contributed by atoms with E-state index in [1.807, 2.05) is 0 Å². The fraction of sp³-hybridized carbons (Fsp3) is 0.0769. The van der Waals surface area contributed by atoms with Crippen molar-refractivity contribution in [1.82, 2.24) is 0 Å². The van der Waals surface area contributed by atoms with Crippen LogP contribution in [0.2, 0.25) is 0 Å². The second-order valence-corrected chi connectivity index (χ2v) is 5.47. The Bertz CT molecular complexity index is 669. The van der Waals surface area contributed by atoms with Gasteiger partial charge in [-0.05, 0) is 36.4 Å². The Balaban J connectivity index is 2.29. The largest absolute Gasteiger partial charge is 0.497 e. The van der Waals surface area contributed by atoms with Gasteiger partial charge in [0, 0.05) is 11.8 Å². The van der Waals surface area contributed by atoms with E-state index in [1.54, 1.807) is 12.1 Å². The Hall–Kier alpha value is -2.08. The molecule has 0 unspecified atom stereocenters. The van der Waals surface area contributed by atoms with E-state index >= 15 is 0 Å². The second-order valence-electron chi connectivity index (χ2n) is 3.79. The summed E-state index contributed by atoms with van der Waals surface area (Å²) in [6.45, 7) is 0. The Kier molecular flexibility index (Phi) is 3.71. The molecule has 0 aliphatic heterocycles. The minimum atomic E-state index is -3.71. The van der Waals surface area contributed by atoms with Crippen molar-refractivity contribution in [2.24, 2.45) is 0 Å². The van der Waals surface area contributed by atoms with E-state index in [-0.39, 0.29) is 4.90 Å². The van der Waals surface area contributed by atoms with E-state index in [2.05, 4.69) is 4.72 Å². The van der Waals surface area contributed by atoms with E-state index < -0.39 is 15.8 Å². The first-order chi connectivity index (χ1) is 9.01. The third-order valence-corrected chi connectivity index (χ3v) is 3.83. The van der Waals surface area contributed by atoms with Crippen LogP contribution in [0.1, 0.15) is 0 Å². The van der Waals surface area contributed by atoms with Crippen LogP contribution in [0.15, 0.2) is 53.4 Å². The average Bonchev–Trinajstić information content (AvgIpc) is 2.41. The normalized spacial score (nSPS) is 11.1. The van der Waals surface area contributed by atoms with Gasteiger partial charge in [-0.15, -0.1) is 0 Å². The van der Waals surface area contributed by atoms with Crippen molar-refractivity contribution in [3.05, 3.63) is 54.3 Å². The molecule has 19 heavy (non-hydrogen) atoms. The predicted octanol–water partition coefficient (Wildman–Crippen LogP) is 2.64. The van der Waals surface area contributed by atoms with Crippen molar-refractivity contribution < 1.29 is 17.5 Å². The number of halogens is 1. The van der Waals surface area contributed by atoms with E-state index in [1.165, 1.54) is 43.5 Å². The lowest BCUT2D eigenvalue weighted by Crippen LogP contribution is -2.12. The van der Waals surface area contributed by atoms with E-state index in [0.717, 1.165) is 0 Å². The molecule has 0 aliphatic carbocycles. The summed E-state index contributed by atoms with van der Waals surface area (Å²) in [4.78, 5) is 0.0798. The smallest absolute Gasteiger partial charge is 0.262 e. The molecule has 0 fully saturated rings. The lowest BCUT2D eigenvalue weighted by atomic mass is 10.3. The third kappa shape index (κ3) is 3.23. The summed E-state index contributed by atoms with van der Waals surface area (Å²) in [7, 11) is -2.25.